The molecule has 410 valence electrons. The number of aldehydes is 1. The molecular formula is C60H64N20O. The number of rotatable bonds is 13. The highest BCUT2D eigenvalue weighted by Gasteiger charge is 2.44. The third-order valence-corrected chi connectivity index (χ3v) is 15.2. The largest absolute Gasteiger partial charge is 0.353 e. The molecule has 16 rings (SSSR count). The lowest BCUT2D eigenvalue weighted by Crippen LogP contribution is -2.68. The fourth-order valence-corrected chi connectivity index (χ4v) is 11.1. The molecule has 10 aromatic heterocycles. The summed E-state index contributed by atoms with van der Waals surface area (Å²) in [5.41, 5.74) is 13.7. The standard InChI is InChI=1S/C30H32N10.C20H23N7.C10H9N3O/c1-19-10-24(12-25-11-20(2)36-37-25)35-30(34-19)23-5-7-28(32-15-23)38-17-26-13-27(18-38)39(26)16-22-4-6-29(31-14-22)40-21(3)8-9-33-40;1-12-5-15(7-16-6-13(2)25-26-16)24-20(22-12)14-3-4-19(21-9-14)27-10-17-8-18(11-27)23-17;1-8-4-5-12-13(8)10-3-2-9(7-14)6-11-10/h4-11,14-15,26-27H,12-13,16-18H2,1-3H3,(H,36,37);3-6,9,17-18,23H,7-8,10-11H2,1-2H3,(H,25,26);2-7H,1H3. The first-order valence-corrected chi connectivity index (χ1v) is 27.5. The lowest BCUT2D eigenvalue weighted by molar-refractivity contribution is -0.00875. The van der Waals surface area contributed by atoms with E-state index < -0.39 is 0 Å². The summed E-state index contributed by atoms with van der Waals surface area (Å²) in [6.07, 6.45) is 15.5. The Balaban J connectivity index is 0.000000136. The fraction of sp³-hybridized carbons (Fsp3) is 0.317. The first-order valence-electron chi connectivity index (χ1n) is 27.5. The number of aryl methyl sites for hydroxylation is 6. The van der Waals surface area contributed by atoms with Crippen LogP contribution in [0.3, 0.4) is 0 Å². The Hall–Kier alpha value is -9.21. The van der Waals surface area contributed by atoms with Gasteiger partial charge in [-0.1, -0.05) is 6.07 Å². The van der Waals surface area contributed by atoms with Gasteiger partial charge in [-0.2, -0.15) is 20.4 Å². The minimum absolute atomic E-state index is 0.529. The molecule has 21 heteroatoms. The highest BCUT2D eigenvalue weighted by Crippen LogP contribution is 2.36. The zero-order valence-corrected chi connectivity index (χ0v) is 46.3. The van der Waals surface area contributed by atoms with E-state index in [1.807, 2.05) is 101 Å². The van der Waals surface area contributed by atoms with Crippen molar-refractivity contribution in [2.24, 2.45) is 0 Å². The van der Waals surface area contributed by atoms with Crippen LogP contribution < -0.4 is 15.1 Å². The molecule has 0 radical (unpaired) electrons. The predicted molar refractivity (Wildman–Crippen MR) is 307 cm³/mol. The van der Waals surface area contributed by atoms with E-state index in [4.69, 9.17) is 15.0 Å². The van der Waals surface area contributed by atoms with Crippen molar-refractivity contribution < 1.29 is 4.79 Å². The molecule has 0 aromatic carbocycles. The second kappa shape index (κ2) is 22.9. The third kappa shape index (κ3) is 12.0. The van der Waals surface area contributed by atoms with Gasteiger partial charge in [0, 0.05) is 158 Å². The smallest absolute Gasteiger partial charge is 0.161 e. The van der Waals surface area contributed by atoms with Crippen LogP contribution in [0.5, 0.6) is 0 Å². The molecule has 4 bridgehead atoms. The van der Waals surface area contributed by atoms with Gasteiger partial charge < -0.3 is 15.1 Å². The summed E-state index contributed by atoms with van der Waals surface area (Å²) in [6, 6.07) is 30.4. The van der Waals surface area contributed by atoms with E-state index in [-0.39, 0.29) is 0 Å². The van der Waals surface area contributed by atoms with Gasteiger partial charge in [-0.15, -0.1) is 0 Å². The Morgan fingerprint density at radius 2 is 1.01 bits per heavy atom. The summed E-state index contributed by atoms with van der Waals surface area (Å²) in [5, 5.41) is 26.7. The maximum Gasteiger partial charge on any atom is 0.161 e. The van der Waals surface area contributed by atoms with Crippen LogP contribution in [0.15, 0.2) is 122 Å². The monoisotopic (exact) mass is 1080 g/mol. The maximum absolute atomic E-state index is 10.4. The molecule has 6 aliphatic heterocycles. The normalized spacial score (nSPS) is 18.0. The number of nitrogens with one attached hydrogen (secondary N) is 3. The van der Waals surface area contributed by atoms with Gasteiger partial charge in [0.05, 0.1) is 22.8 Å². The van der Waals surface area contributed by atoms with E-state index in [2.05, 4.69) is 112 Å². The number of carbonyl (C=O) groups is 1. The molecule has 0 saturated carbocycles. The molecule has 6 fully saturated rings. The van der Waals surface area contributed by atoms with E-state index in [1.165, 1.54) is 24.6 Å². The number of fused-ring (bicyclic) bond motifs is 4. The average Bonchev–Trinajstić information content (AvgIpc) is 4.44. The van der Waals surface area contributed by atoms with E-state index in [0.717, 1.165) is 136 Å². The molecule has 4 unspecified atom stereocenters. The molecule has 6 saturated heterocycles. The molecule has 3 N–H and O–H groups in total. The van der Waals surface area contributed by atoms with Crippen molar-refractivity contribution in [3.8, 4) is 34.4 Å². The summed E-state index contributed by atoms with van der Waals surface area (Å²) in [4.78, 5) is 54.9. The third-order valence-electron chi connectivity index (χ3n) is 15.2. The number of pyridine rings is 4. The van der Waals surface area contributed by atoms with Crippen LogP contribution in [-0.2, 0) is 19.4 Å². The van der Waals surface area contributed by atoms with Crippen molar-refractivity contribution in [1.82, 2.24) is 90.0 Å². The number of aromatic amines is 2. The topological polar surface area (TPSA) is 235 Å². The summed E-state index contributed by atoms with van der Waals surface area (Å²) < 4.78 is 3.58. The Morgan fingerprint density at radius 1 is 0.519 bits per heavy atom. The van der Waals surface area contributed by atoms with Crippen molar-refractivity contribution in [2.75, 3.05) is 36.0 Å². The van der Waals surface area contributed by atoms with E-state index in [9.17, 15) is 4.79 Å². The van der Waals surface area contributed by atoms with Gasteiger partial charge in [0.15, 0.2) is 29.6 Å². The molecule has 0 spiro atoms. The highest BCUT2D eigenvalue weighted by atomic mass is 16.1. The van der Waals surface area contributed by atoms with Crippen molar-refractivity contribution in [3.63, 3.8) is 0 Å². The zero-order chi connectivity index (χ0) is 55.6. The SMILES string of the molecule is Cc1cc(Cc2cc(C)[nH]n2)nc(-c2ccc(N3CC4CC(C3)N4)nc2)n1.Cc1cc(Cc2cc(C)[nH]n2)nc(-c2ccc(N3CC4CC(C3)N4Cc3ccc(-n4nccc4C)nc3)nc2)n1.Cc1ccnn1-c1ccc(C=O)cn1. The van der Waals surface area contributed by atoms with Crippen LogP contribution in [0.2, 0.25) is 0 Å². The summed E-state index contributed by atoms with van der Waals surface area (Å²) in [5.74, 6) is 5.05. The Kier molecular flexibility index (Phi) is 14.8. The second-order valence-corrected chi connectivity index (χ2v) is 21.6. The average molecular weight is 1080 g/mol. The first kappa shape index (κ1) is 52.5. The maximum atomic E-state index is 10.4. The van der Waals surface area contributed by atoms with Crippen LogP contribution in [0.25, 0.3) is 34.4 Å². The van der Waals surface area contributed by atoms with Crippen LogP contribution in [0, 0.1) is 41.5 Å². The number of hydrogen-bond donors (Lipinski definition) is 3. The minimum atomic E-state index is 0.529. The summed E-state index contributed by atoms with van der Waals surface area (Å²) >= 11 is 0. The molecule has 4 atom stereocenters. The summed E-state index contributed by atoms with van der Waals surface area (Å²) in [6.45, 7) is 17.0. The molecule has 81 heavy (non-hydrogen) atoms. The lowest BCUT2D eigenvalue weighted by atomic mass is 9.87. The van der Waals surface area contributed by atoms with Crippen molar-refractivity contribution in [3.05, 3.63) is 190 Å². The number of carbonyl (C=O) groups excluding carboxylic acids is 1. The van der Waals surface area contributed by atoms with Crippen molar-refractivity contribution >= 4 is 17.9 Å². The molecule has 6 aliphatic rings. The van der Waals surface area contributed by atoms with Crippen molar-refractivity contribution in [2.45, 2.75) is 97.9 Å². The Morgan fingerprint density at radius 3 is 1.43 bits per heavy atom. The van der Waals surface area contributed by atoms with Gasteiger partial charge in [-0.25, -0.2) is 49.2 Å². The second-order valence-electron chi connectivity index (χ2n) is 21.6. The Labute approximate surface area is 469 Å². The predicted octanol–water partition coefficient (Wildman–Crippen LogP) is 7.23. The number of H-pyrrole nitrogens is 2. The van der Waals surface area contributed by atoms with Gasteiger partial charge >= 0.3 is 0 Å². The highest BCUT2D eigenvalue weighted by molar-refractivity contribution is 5.74. The molecular weight excluding hydrogens is 1020 g/mol. The minimum Gasteiger partial charge on any atom is -0.353 e. The van der Waals surface area contributed by atoms with Crippen LogP contribution in [0.1, 0.15) is 85.7 Å². The molecule has 0 amide bonds. The van der Waals surface area contributed by atoms with Crippen molar-refractivity contribution in [1.29, 1.82) is 0 Å². The Bertz CT molecular complexity index is 3740. The van der Waals surface area contributed by atoms with Gasteiger partial charge in [-0.3, -0.25) is 19.9 Å². The quantitative estimate of drug-likeness (QED) is 0.0966. The van der Waals surface area contributed by atoms with Crippen LogP contribution in [-0.4, -0.2) is 141 Å². The number of piperidine rings is 2. The van der Waals surface area contributed by atoms with Crippen LogP contribution in [0.4, 0.5) is 11.6 Å². The van der Waals surface area contributed by atoms with Gasteiger partial charge in [0.2, 0.25) is 0 Å². The summed E-state index contributed by atoms with van der Waals surface area (Å²) in [7, 11) is 0. The van der Waals surface area contributed by atoms with E-state index >= 15 is 0 Å². The van der Waals surface area contributed by atoms with E-state index in [0.29, 0.717) is 48.4 Å². The number of piperazine rings is 2. The van der Waals surface area contributed by atoms with Gasteiger partial charge in [0.25, 0.3) is 0 Å². The number of hydrogen-bond acceptors (Lipinski definition) is 17. The zero-order valence-electron chi connectivity index (χ0n) is 46.3. The van der Waals surface area contributed by atoms with Gasteiger partial charge in [-0.05, 0) is 139 Å². The molecule has 10 aromatic rings. The first-order chi connectivity index (χ1) is 39.4. The number of nitrogens with zero attached hydrogens (tertiary/aromatic N) is 17. The number of aromatic nitrogens is 16. The molecule has 0 aliphatic carbocycles. The van der Waals surface area contributed by atoms with E-state index in [1.54, 1.807) is 29.2 Å². The lowest BCUT2D eigenvalue weighted by Gasteiger charge is -2.56. The number of anilines is 2. The molecule has 16 heterocycles. The van der Waals surface area contributed by atoms with Gasteiger partial charge in [0.1, 0.15) is 11.6 Å². The fourth-order valence-electron chi connectivity index (χ4n) is 11.1. The van der Waals surface area contributed by atoms with Crippen LogP contribution >= 0.6 is 0 Å². The molecule has 21 nitrogen and oxygen atoms in total.